The van der Waals surface area contributed by atoms with Crippen LogP contribution >= 0.6 is 22.9 Å². The summed E-state index contributed by atoms with van der Waals surface area (Å²) < 4.78 is 0. The maximum atomic E-state index is 11.9. The van der Waals surface area contributed by atoms with Crippen molar-refractivity contribution >= 4 is 34.5 Å². The largest absolute Gasteiger partial charge is 0.387 e. The summed E-state index contributed by atoms with van der Waals surface area (Å²) in [6, 6.07) is 8.86. The molecule has 0 saturated heterocycles. The van der Waals surface area contributed by atoms with Crippen molar-refractivity contribution in [2.75, 3.05) is 11.9 Å². The lowest BCUT2D eigenvalue weighted by atomic mass is 10.1. The van der Waals surface area contributed by atoms with E-state index in [9.17, 15) is 9.90 Å². The number of amides is 1. The van der Waals surface area contributed by atoms with E-state index in [-0.39, 0.29) is 11.9 Å². The fourth-order valence-electron chi connectivity index (χ4n) is 1.99. The molecule has 2 atom stereocenters. The molecule has 1 amide bonds. The Bertz CT molecular complexity index is 587. The van der Waals surface area contributed by atoms with Crippen LogP contribution in [0.4, 0.5) is 5.69 Å². The average molecular weight is 339 g/mol. The van der Waals surface area contributed by atoms with Gasteiger partial charge in [0.05, 0.1) is 6.10 Å². The molecule has 3 N–H and O–H groups in total. The van der Waals surface area contributed by atoms with Crippen LogP contribution in [0, 0.1) is 0 Å². The molecule has 0 aliphatic rings. The van der Waals surface area contributed by atoms with Gasteiger partial charge < -0.3 is 15.7 Å². The van der Waals surface area contributed by atoms with Crippen molar-refractivity contribution in [1.29, 1.82) is 0 Å². The van der Waals surface area contributed by atoms with Crippen LogP contribution in [-0.4, -0.2) is 23.6 Å². The van der Waals surface area contributed by atoms with Crippen molar-refractivity contribution in [1.82, 2.24) is 5.32 Å². The first-order valence-corrected chi connectivity index (χ1v) is 8.35. The fourth-order valence-corrected chi connectivity index (χ4v) is 2.82. The van der Waals surface area contributed by atoms with Gasteiger partial charge in [0, 0.05) is 29.7 Å². The Morgan fingerprint density at radius 2 is 2.05 bits per heavy atom. The third kappa shape index (κ3) is 5.42. The predicted octanol–water partition coefficient (Wildman–Crippen LogP) is 3.44. The summed E-state index contributed by atoms with van der Waals surface area (Å²) in [4.78, 5) is 11.9. The number of thiophene rings is 1. The first-order chi connectivity index (χ1) is 10.5. The zero-order chi connectivity index (χ0) is 15.9. The van der Waals surface area contributed by atoms with E-state index in [0.717, 1.165) is 11.3 Å². The van der Waals surface area contributed by atoms with E-state index in [4.69, 9.17) is 11.6 Å². The van der Waals surface area contributed by atoms with E-state index < -0.39 is 6.10 Å². The SMILES string of the molecule is C[C@H](CC(=O)Nc1ccc(Cl)cc1)NC[C@@H](O)c1ccsc1. The molecule has 6 heteroatoms. The van der Waals surface area contributed by atoms with Gasteiger partial charge in [-0.25, -0.2) is 0 Å². The van der Waals surface area contributed by atoms with Crippen molar-refractivity contribution in [2.24, 2.45) is 0 Å². The summed E-state index contributed by atoms with van der Waals surface area (Å²) in [5.41, 5.74) is 1.62. The zero-order valence-corrected chi connectivity index (χ0v) is 13.8. The highest BCUT2D eigenvalue weighted by atomic mass is 35.5. The average Bonchev–Trinajstić information content (AvgIpc) is 3.01. The number of rotatable bonds is 7. The van der Waals surface area contributed by atoms with Gasteiger partial charge >= 0.3 is 0 Å². The number of anilines is 1. The van der Waals surface area contributed by atoms with Gasteiger partial charge in [-0.1, -0.05) is 11.6 Å². The van der Waals surface area contributed by atoms with Gasteiger partial charge in [0.25, 0.3) is 0 Å². The molecular formula is C16H19ClN2O2S. The lowest BCUT2D eigenvalue weighted by molar-refractivity contribution is -0.116. The molecule has 2 aromatic rings. The minimum absolute atomic E-state index is 0.0272. The Morgan fingerprint density at radius 3 is 2.68 bits per heavy atom. The molecule has 0 aliphatic heterocycles. The number of benzene rings is 1. The van der Waals surface area contributed by atoms with Crippen LogP contribution < -0.4 is 10.6 Å². The van der Waals surface area contributed by atoms with Crippen molar-refractivity contribution in [2.45, 2.75) is 25.5 Å². The number of aliphatic hydroxyl groups is 1. The Balaban J connectivity index is 1.73. The lowest BCUT2D eigenvalue weighted by Crippen LogP contribution is -2.33. The van der Waals surface area contributed by atoms with Crippen molar-refractivity contribution in [3.63, 3.8) is 0 Å². The smallest absolute Gasteiger partial charge is 0.225 e. The molecule has 0 fully saturated rings. The summed E-state index contributed by atoms with van der Waals surface area (Å²) in [5, 5.41) is 20.5. The van der Waals surface area contributed by atoms with E-state index >= 15 is 0 Å². The van der Waals surface area contributed by atoms with Crippen LogP contribution in [-0.2, 0) is 4.79 Å². The Hall–Kier alpha value is -1.40. The van der Waals surface area contributed by atoms with E-state index in [1.165, 1.54) is 0 Å². The first kappa shape index (κ1) is 17.0. The summed E-state index contributed by atoms with van der Waals surface area (Å²) in [7, 11) is 0. The Labute approximate surface area is 139 Å². The quantitative estimate of drug-likeness (QED) is 0.724. The van der Waals surface area contributed by atoms with Gasteiger partial charge in [0.2, 0.25) is 5.91 Å². The molecule has 22 heavy (non-hydrogen) atoms. The monoisotopic (exact) mass is 338 g/mol. The second-order valence-electron chi connectivity index (χ2n) is 5.14. The lowest BCUT2D eigenvalue weighted by Gasteiger charge is -2.16. The molecule has 0 radical (unpaired) electrons. The fraction of sp³-hybridized carbons (Fsp3) is 0.312. The van der Waals surface area contributed by atoms with Crippen molar-refractivity contribution in [3.8, 4) is 0 Å². The van der Waals surface area contributed by atoms with Crippen LogP contribution in [0.25, 0.3) is 0 Å². The number of nitrogens with one attached hydrogen (secondary N) is 2. The van der Waals surface area contributed by atoms with Crippen LogP contribution in [0.15, 0.2) is 41.1 Å². The number of aliphatic hydroxyl groups excluding tert-OH is 1. The van der Waals surface area contributed by atoms with Gasteiger partial charge in [-0.15, -0.1) is 0 Å². The number of carbonyl (C=O) groups excluding carboxylic acids is 1. The molecule has 1 aromatic heterocycles. The second-order valence-corrected chi connectivity index (χ2v) is 6.36. The zero-order valence-electron chi connectivity index (χ0n) is 12.3. The molecular weight excluding hydrogens is 320 g/mol. The molecule has 118 valence electrons. The second kappa shape index (κ2) is 8.29. The van der Waals surface area contributed by atoms with Crippen LogP contribution in [0.3, 0.4) is 0 Å². The van der Waals surface area contributed by atoms with E-state index in [1.807, 2.05) is 23.8 Å². The van der Waals surface area contributed by atoms with E-state index in [2.05, 4.69) is 10.6 Å². The first-order valence-electron chi connectivity index (χ1n) is 7.03. The van der Waals surface area contributed by atoms with Crippen LogP contribution in [0.2, 0.25) is 5.02 Å². The number of hydrogen-bond donors (Lipinski definition) is 3. The maximum absolute atomic E-state index is 11.9. The molecule has 0 saturated carbocycles. The molecule has 0 bridgehead atoms. The van der Waals surface area contributed by atoms with Gasteiger partial charge in [-0.3, -0.25) is 4.79 Å². The van der Waals surface area contributed by atoms with Gasteiger partial charge in [0.1, 0.15) is 0 Å². The summed E-state index contributed by atoms with van der Waals surface area (Å²) in [6.45, 7) is 2.34. The normalized spacial score (nSPS) is 13.6. The Morgan fingerprint density at radius 1 is 1.32 bits per heavy atom. The van der Waals surface area contributed by atoms with Crippen LogP contribution in [0.5, 0.6) is 0 Å². The highest BCUT2D eigenvalue weighted by Gasteiger charge is 2.12. The predicted molar refractivity (Wildman–Crippen MR) is 91.4 cm³/mol. The third-order valence-electron chi connectivity index (χ3n) is 3.21. The van der Waals surface area contributed by atoms with Crippen molar-refractivity contribution in [3.05, 3.63) is 51.7 Å². The number of hydrogen-bond acceptors (Lipinski definition) is 4. The standard InChI is InChI=1S/C16H19ClN2O2S/c1-11(18-9-15(20)12-6-7-22-10-12)8-16(21)19-14-4-2-13(17)3-5-14/h2-7,10-11,15,18,20H,8-9H2,1H3,(H,19,21)/t11-,15-/m1/s1. The molecule has 0 unspecified atom stereocenters. The highest BCUT2D eigenvalue weighted by molar-refractivity contribution is 7.07. The molecule has 1 aromatic carbocycles. The highest BCUT2D eigenvalue weighted by Crippen LogP contribution is 2.16. The molecule has 0 spiro atoms. The minimum atomic E-state index is -0.548. The summed E-state index contributed by atoms with van der Waals surface area (Å²) in [6.07, 6.45) is -0.216. The van der Waals surface area contributed by atoms with E-state index in [1.54, 1.807) is 35.6 Å². The van der Waals surface area contributed by atoms with Gasteiger partial charge in [-0.2, -0.15) is 11.3 Å². The maximum Gasteiger partial charge on any atom is 0.225 e. The number of carbonyl (C=O) groups is 1. The minimum Gasteiger partial charge on any atom is -0.387 e. The molecule has 1 heterocycles. The molecule has 0 aliphatic carbocycles. The third-order valence-corrected chi connectivity index (χ3v) is 4.16. The number of halogens is 1. The van der Waals surface area contributed by atoms with Crippen LogP contribution in [0.1, 0.15) is 25.0 Å². The van der Waals surface area contributed by atoms with Crippen molar-refractivity contribution < 1.29 is 9.90 Å². The molecule has 2 rings (SSSR count). The van der Waals surface area contributed by atoms with Gasteiger partial charge in [0.15, 0.2) is 0 Å². The molecule has 4 nitrogen and oxygen atoms in total. The van der Waals surface area contributed by atoms with E-state index in [0.29, 0.717) is 18.0 Å². The van der Waals surface area contributed by atoms with Gasteiger partial charge in [-0.05, 0) is 53.6 Å². The summed E-state index contributed by atoms with van der Waals surface area (Å²) >= 11 is 7.35. The summed E-state index contributed by atoms with van der Waals surface area (Å²) in [5.74, 6) is -0.0765. The topological polar surface area (TPSA) is 61.4 Å². The Kier molecular flexibility index (Phi) is 6.39.